The summed E-state index contributed by atoms with van der Waals surface area (Å²) in [6.45, 7) is 2.13. The fraction of sp³-hybridized carbons (Fsp3) is 0.111. The van der Waals surface area contributed by atoms with E-state index < -0.39 is 6.09 Å². The van der Waals surface area contributed by atoms with Gasteiger partial charge in [0.1, 0.15) is 6.61 Å². The van der Waals surface area contributed by atoms with Crippen molar-refractivity contribution in [3.8, 4) is 0 Å². The second kappa shape index (κ2) is 6.67. The molecule has 0 aliphatic carbocycles. The molecule has 0 fully saturated rings. The molecule has 3 aromatic rings. The Morgan fingerprint density at radius 1 is 1.22 bits per heavy atom. The van der Waals surface area contributed by atoms with Crippen LogP contribution in [0.4, 0.5) is 10.5 Å². The highest BCUT2D eigenvalue weighted by Gasteiger charge is 2.13. The molecule has 5 heteroatoms. The van der Waals surface area contributed by atoms with Crippen LogP contribution >= 0.6 is 11.6 Å². The number of fused-ring (bicyclic) bond motifs is 1. The number of carbonyl (C=O) groups is 1. The van der Waals surface area contributed by atoms with Crippen LogP contribution in [0, 0.1) is 6.92 Å². The maximum absolute atomic E-state index is 12.1. The number of amides is 1. The number of aromatic nitrogens is 1. The second-order valence-electron chi connectivity index (χ2n) is 5.14. The molecule has 1 amide bonds. The summed E-state index contributed by atoms with van der Waals surface area (Å²) in [5.41, 5.74) is 3.19. The largest absolute Gasteiger partial charge is 0.444 e. The lowest BCUT2D eigenvalue weighted by Crippen LogP contribution is -2.14. The van der Waals surface area contributed by atoms with E-state index in [2.05, 4.69) is 10.3 Å². The number of ether oxygens (including phenoxy) is 1. The van der Waals surface area contributed by atoms with Gasteiger partial charge >= 0.3 is 6.09 Å². The van der Waals surface area contributed by atoms with Crippen LogP contribution in [0.25, 0.3) is 10.9 Å². The Bertz CT molecular complexity index is 850. The average molecular weight is 327 g/mol. The van der Waals surface area contributed by atoms with Crippen molar-refractivity contribution < 1.29 is 9.53 Å². The highest BCUT2D eigenvalue weighted by atomic mass is 35.5. The molecule has 0 unspecified atom stereocenters. The molecule has 0 radical (unpaired) electrons. The zero-order valence-corrected chi connectivity index (χ0v) is 13.3. The molecule has 1 N–H and O–H groups in total. The van der Waals surface area contributed by atoms with E-state index >= 15 is 0 Å². The molecule has 0 bridgehead atoms. The summed E-state index contributed by atoms with van der Waals surface area (Å²) >= 11 is 6.27. The minimum absolute atomic E-state index is 0.201. The number of hydrogen-bond donors (Lipinski definition) is 1. The van der Waals surface area contributed by atoms with E-state index in [-0.39, 0.29) is 6.61 Å². The number of nitrogens with zero attached hydrogens (tertiary/aromatic N) is 1. The lowest BCUT2D eigenvalue weighted by atomic mass is 10.1. The number of hydrogen-bond acceptors (Lipinski definition) is 3. The van der Waals surface area contributed by atoms with Crippen molar-refractivity contribution in [1.29, 1.82) is 0 Å². The molecule has 0 aliphatic rings. The van der Waals surface area contributed by atoms with E-state index in [1.165, 1.54) is 0 Å². The number of rotatable bonds is 3. The quantitative estimate of drug-likeness (QED) is 0.741. The van der Waals surface area contributed by atoms with Gasteiger partial charge in [-0.25, -0.2) is 4.79 Å². The molecule has 4 nitrogen and oxygen atoms in total. The van der Waals surface area contributed by atoms with Crippen molar-refractivity contribution in [2.75, 3.05) is 5.32 Å². The van der Waals surface area contributed by atoms with E-state index in [0.29, 0.717) is 10.7 Å². The van der Waals surface area contributed by atoms with Crippen molar-refractivity contribution >= 4 is 34.3 Å². The first-order chi connectivity index (χ1) is 11.1. The summed E-state index contributed by atoms with van der Waals surface area (Å²) in [5.74, 6) is 0. The summed E-state index contributed by atoms with van der Waals surface area (Å²) < 4.78 is 5.24. The number of anilines is 1. The van der Waals surface area contributed by atoms with Crippen molar-refractivity contribution in [2.45, 2.75) is 13.5 Å². The third-order valence-corrected chi connectivity index (χ3v) is 3.77. The Morgan fingerprint density at radius 3 is 2.78 bits per heavy atom. The van der Waals surface area contributed by atoms with E-state index in [0.717, 1.165) is 22.0 Å². The minimum Gasteiger partial charge on any atom is -0.444 e. The second-order valence-corrected chi connectivity index (χ2v) is 5.54. The summed E-state index contributed by atoms with van der Waals surface area (Å²) in [5, 5.41) is 3.96. The van der Waals surface area contributed by atoms with Gasteiger partial charge in [0.05, 0.1) is 16.2 Å². The van der Waals surface area contributed by atoms with Gasteiger partial charge < -0.3 is 4.74 Å². The maximum Gasteiger partial charge on any atom is 0.412 e. The average Bonchev–Trinajstić information content (AvgIpc) is 2.58. The van der Waals surface area contributed by atoms with Crippen molar-refractivity contribution in [3.63, 3.8) is 0 Å². The van der Waals surface area contributed by atoms with E-state index in [1.807, 2.05) is 43.3 Å². The number of halogens is 1. The zero-order valence-electron chi connectivity index (χ0n) is 12.5. The molecule has 3 rings (SSSR count). The Morgan fingerprint density at radius 2 is 2.00 bits per heavy atom. The van der Waals surface area contributed by atoms with Gasteiger partial charge in [-0.2, -0.15) is 0 Å². The fourth-order valence-electron chi connectivity index (χ4n) is 2.37. The first-order valence-corrected chi connectivity index (χ1v) is 7.54. The van der Waals surface area contributed by atoms with Gasteiger partial charge in [-0.3, -0.25) is 10.3 Å². The maximum atomic E-state index is 12.1. The van der Waals surface area contributed by atoms with Crippen LogP contribution in [-0.2, 0) is 11.3 Å². The lowest BCUT2D eigenvalue weighted by Gasteiger charge is -2.12. The molecular weight excluding hydrogens is 312 g/mol. The SMILES string of the molecule is Cc1cc(Cl)c(NC(=O)OCc2ccccc2)c2cccnc12. The number of carbonyl (C=O) groups excluding carboxylic acids is 1. The number of pyridine rings is 1. The fourth-order valence-corrected chi connectivity index (χ4v) is 2.68. The van der Waals surface area contributed by atoms with Gasteiger partial charge in [0.25, 0.3) is 0 Å². The van der Waals surface area contributed by atoms with Crippen LogP contribution in [0.1, 0.15) is 11.1 Å². The van der Waals surface area contributed by atoms with Crippen LogP contribution in [0.2, 0.25) is 5.02 Å². The van der Waals surface area contributed by atoms with Gasteiger partial charge in [0.15, 0.2) is 0 Å². The molecular formula is C18H15ClN2O2. The monoisotopic (exact) mass is 326 g/mol. The van der Waals surface area contributed by atoms with E-state index in [4.69, 9.17) is 16.3 Å². The third-order valence-electron chi connectivity index (χ3n) is 3.47. The molecule has 0 aliphatic heterocycles. The summed E-state index contributed by atoms with van der Waals surface area (Å²) in [6.07, 6.45) is 1.16. The van der Waals surface area contributed by atoms with Crippen molar-refractivity contribution in [1.82, 2.24) is 4.98 Å². The molecule has 0 spiro atoms. The van der Waals surface area contributed by atoms with E-state index in [9.17, 15) is 4.79 Å². The molecule has 116 valence electrons. The predicted molar refractivity (Wildman–Crippen MR) is 91.7 cm³/mol. The van der Waals surface area contributed by atoms with E-state index in [1.54, 1.807) is 18.3 Å². The topological polar surface area (TPSA) is 51.2 Å². The van der Waals surface area contributed by atoms with Crippen molar-refractivity contribution in [3.05, 3.63) is 70.9 Å². The van der Waals surface area contributed by atoms with Gasteiger partial charge in [0.2, 0.25) is 0 Å². The standard InChI is InChI=1S/C18H15ClN2O2/c1-12-10-15(19)17(14-8-5-9-20-16(12)14)21-18(22)23-11-13-6-3-2-4-7-13/h2-10H,11H2,1H3,(H,21,22). The van der Waals surface area contributed by atoms with Gasteiger partial charge in [-0.1, -0.05) is 41.9 Å². The van der Waals surface area contributed by atoms with Crippen molar-refractivity contribution in [2.24, 2.45) is 0 Å². The summed E-state index contributed by atoms with van der Waals surface area (Å²) in [4.78, 5) is 16.4. The van der Waals surface area contributed by atoms with Gasteiger partial charge in [-0.05, 0) is 36.2 Å². The minimum atomic E-state index is -0.551. The normalized spacial score (nSPS) is 10.5. The Kier molecular flexibility index (Phi) is 4.44. The molecule has 0 saturated heterocycles. The molecule has 23 heavy (non-hydrogen) atoms. The van der Waals surface area contributed by atoms with Gasteiger partial charge in [-0.15, -0.1) is 0 Å². The first-order valence-electron chi connectivity index (χ1n) is 7.16. The van der Waals surface area contributed by atoms with Crippen LogP contribution in [0.15, 0.2) is 54.7 Å². The number of aryl methyl sites for hydroxylation is 1. The predicted octanol–water partition coefficient (Wildman–Crippen LogP) is 4.95. The Hall–Kier alpha value is -2.59. The van der Waals surface area contributed by atoms with Crippen LogP contribution < -0.4 is 5.32 Å². The highest BCUT2D eigenvalue weighted by molar-refractivity contribution is 6.35. The smallest absolute Gasteiger partial charge is 0.412 e. The van der Waals surface area contributed by atoms with Crippen LogP contribution in [0.3, 0.4) is 0 Å². The lowest BCUT2D eigenvalue weighted by molar-refractivity contribution is 0.155. The molecule has 0 saturated carbocycles. The van der Waals surface area contributed by atoms with Crippen LogP contribution in [-0.4, -0.2) is 11.1 Å². The van der Waals surface area contributed by atoms with Crippen LogP contribution in [0.5, 0.6) is 0 Å². The molecule has 2 aromatic carbocycles. The van der Waals surface area contributed by atoms with Gasteiger partial charge in [0, 0.05) is 11.6 Å². The molecule has 1 aromatic heterocycles. The Balaban J connectivity index is 1.80. The summed E-state index contributed by atoms with van der Waals surface area (Å²) in [6, 6.07) is 14.9. The highest BCUT2D eigenvalue weighted by Crippen LogP contribution is 2.32. The summed E-state index contributed by atoms with van der Waals surface area (Å²) in [7, 11) is 0. The Labute approximate surface area is 139 Å². The first kappa shape index (κ1) is 15.3. The third kappa shape index (κ3) is 3.43. The zero-order chi connectivity index (χ0) is 16.2. The number of nitrogens with one attached hydrogen (secondary N) is 1. The molecule has 1 heterocycles. The molecule has 0 atom stereocenters. The number of benzene rings is 2.